The molecule has 52 heavy (non-hydrogen) atoms. The molecule has 0 saturated carbocycles. The molecular weight excluding hydrogens is 649 g/mol. The third-order valence-corrected chi connectivity index (χ3v) is 9.02. The zero-order valence-corrected chi connectivity index (χ0v) is 29.4. The molecule has 0 aliphatic heterocycles. The summed E-state index contributed by atoms with van der Waals surface area (Å²) in [6.07, 6.45) is 1.71. The Labute approximate surface area is 303 Å². The summed E-state index contributed by atoms with van der Waals surface area (Å²) in [6, 6.07) is 48.3. The highest BCUT2D eigenvalue weighted by atomic mass is 16.7. The van der Waals surface area contributed by atoms with Crippen LogP contribution in [-0.2, 0) is 23.1 Å². The number of tetrazole rings is 1. The number of rotatable bonds is 12. The van der Waals surface area contributed by atoms with Gasteiger partial charge < -0.3 is 9.84 Å². The van der Waals surface area contributed by atoms with Gasteiger partial charge in [-0.1, -0.05) is 140 Å². The van der Waals surface area contributed by atoms with Crippen LogP contribution >= 0.6 is 0 Å². The fourth-order valence-corrected chi connectivity index (χ4v) is 6.93. The second kappa shape index (κ2) is 14.6. The van der Waals surface area contributed by atoms with Crippen molar-refractivity contribution >= 4 is 5.97 Å². The van der Waals surface area contributed by atoms with Crippen LogP contribution in [0, 0.1) is 0 Å². The quantitative estimate of drug-likeness (QED) is 0.0793. The zero-order chi connectivity index (χ0) is 36.1. The average Bonchev–Trinajstić information content (AvgIpc) is 3.79. The maximum Gasteiger partial charge on any atom is 0.359 e. The van der Waals surface area contributed by atoms with Crippen LogP contribution in [0.2, 0.25) is 0 Å². The van der Waals surface area contributed by atoms with Crippen molar-refractivity contribution in [3.8, 4) is 17.1 Å². The minimum Gasteiger partial charge on any atom is -0.429 e. The Hall–Kier alpha value is -6.19. The van der Waals surface area contributed by atoms with Crippen molar-refractivity contribution in [2.75, 3.05) is 0 Å². The molecule has 0 aliphatic carbocycles. The summed E-state index contributed by atoms with van der Waals surface area (Å²) >= 11 is 0. The fraction of sp³-hybridized carbons (Fsp3) is 0.186. The summed E-state index contributed by atoms with van der Waals surface area (Å²) in [5.74, 6) is -1.09. The molecular formula is C43H40N6O3. The summed E-state index contributed by atoms with van der Waals surface area (Å²) in [5.41, 5.74) is 5.23. The number of aromatic nitrogens is 6. The van der Waals surface area contributed by atoms with Crippen molar-refractivity contribution in [3.05, 3.63) is 185 Å². The molecule has 9 nitrogen and oxygen atoms in total. The highest BCUT2D eigenvalue weighted by molar-refractivity contribution is 5.90. The molecule has 1 N–H and O–H groups in total. The lowest BCUT2D eigenvalue weighted by atomic mass is 9.77. The molecule has 0 atom stereocenters. The Morgan fingerprint density at radius 2 is 1.25 bits per heavy atom. The largest absolute Gasteiger partial charge is 0.429 e. The predicted molar refractivity (Wildman–Crippen MR) is 200 cm³/mol. The molecule has 0 bridgehead atoms. The third kappa shape index (κ3) is 6.54. The van der Waals surface area contributed by atoms with Gasteiger partial charge in [0.15, 0.2) is 11.5 Å². The van der Waals surface area contributed by atoms with E-state index >= 15 is 0 Å². The van der Waals surface area contributed by atoms with E-state index in [4.69, 9.17) is 14.9 Å². The lowest BCUT2D eigenvalue weighted by Crippen LogP contribution is -2.39. The first-order chi connectivity index (χ1) is 25.3. The van der Waals surface area contributed by atoms with Crippen molar-refractivity contribution in [3.63, 3.8) is 0 Å². The Balaban J connectivity index is 1.44. The number of imidazole rings is 1. The molecule has 7 aromatic rings. The van der Waals surface area contributed by atoms with E-state index < -0.39 is 17.3 Å². The SMILES string of the molecule is CCCc1nc(Cc2ccccc2-c2nnnn2C(c2ccccc2)(c2ccccc2)c2ccccc2)c(C(=O)OC(C)(C)O)n1-c1ccccc1. The normalized spacial score (nSPS) is 11.8. The minimum absolute atomic E-state index is 0.262. The van der Waals surface area contributed by atoms with Gasteiger partial charge in [-0.2, -0.15) is 0 Å². The van der Waals surface area contributed by atoms with Crippen LogP contribution in [0.1, 0.15) is 71.5 Å². The summed E-state index contributed by atoms with van der Waals surface area (Å²) in [6.45, 7) is 4.95. The van der Waals surface area contributed by atoms with Gasteiger partial charge in [-0.25, -0.2) is 14.5 Å². The highest BCUT2D eigenvalue weighted by Gasteiger charge is 2.42. The Kier molecular flexibility index (Phi) is 9.61. The molecule has 5 aromatic carbocycles. The monoisotopic (exact) mass is 688 g/mol. The van der Waals surface area contributed by atoms with Crippen molar-refractivity contribution in [2.24, 2.45) is 0 Å². The molecule has 0 spiro atoms. The molecule has 0 saturated heterocycles. The number of aliphatic hydroxyl groups is 1. The van der Waals surface area contributed by atoms with Crippen LogP contribution in [0.4, 0.5) is 0 Å². The van der Waals surface area contributed by atoms with E-state index in [1.807, 2.05) is 118 Å². The second-order valence-corrected chi connectivity index (χ2v) is 13.1. The van der Waals surface area contributed by atoms with Gasteiger partial charge in [0.05, 0.1) is 5.69 Å². The van der Waals surface area contributed by atoms with Crippen LogP contribution in [-0.4, -0.2) is 46.6 Å². The van der Waals surface area contributed by atoms with Gasteiger partial charge >= 0.3 is 5.97 Å². The highest BCUT2D eigenvalue weighted by Crippen LogP contribution is 2.42. The lowest BCUT2D eigenvalue weighted by Gasteiger charge is -2.36. The molecule has 2 heterocycles. The fourth-order valence-electron chi connectivity index (χ4n) is 6.93. The Morgan fingerprint density at radius 1 is 0.731 bits per heavy atom. The van der Waals surface area contributed by atoms with Gasteiger partial charge in [0.1, 0.15) is 11.4 Å². The number of ether oxygens (including phenoxy) is 1. The summed E-state index contributed by atoms with van der Waals surface area (Å²) < 4.78 is 9.34. The standard InChI is InChI=1S/C43H40N6O3/c1-4-19-38-44-37(39(41(50)52-42(2,3)51)48(38)35-27-15-8-16-28-35)30-31-20-17-18-29-36(31)40-45-46-47-49(40)43(32-21-9-5-10-22-32,33-23-11-6-12-24-33)34-25-13-7-14-26-34/h5-18,20-29,51H,4,19,30H2,1-3H3. The van der Waals surface area contributed by atoms with Gasteiger partial charge in [-0.3, -0.25) is 4.57 Å². The number of carbonyl (C=O) groups is 1. The second-order valence-electron chi connectivity index (χ2n) is 13.1. The van der Waals surface area contributed by atoms with Crippen LogP contribution in [0.15, 0.2) is 146 Å². The molecule has 0 radical (unpaired) electrons. The smallest absolute Gasteiger partial charge is 0.359 e. The number of hydrogen-bond acceptors (Lipinski definition) is 7. The summed E-state index contributed by atoms with van der Waals surface area (Å²) in [7, 11) is 0. The van der Waals surface area contributed by atoms with E-state index in [9.17, 15) is 9.90 Å². The first-order valence-corrected chi connectivity index (χ1v) is 17.5. The maximum atomic E-state index is 14.0. The van der Waals surface area contributed by atoms with Crippen molar-refractivity contribution in [1.82, 2.24) is 29.8 Å². The third-order valence-electron chi connectivity index (χ3n) is 9.02. The first-order valence-electron chi connectivity index (χ1n) is 17.5. The van der Waals surface area contributed by atoms with Crippen LogP contribution in [0.5, 0.6) is 0 Å². The number of hydrogen-bond donors (Lipinski definition) is 1. The van der Waals surface area contributed by atoms with Crippen molar-refractivity contribution in [1.29, 1.82) is 0 Å². The average molecular weight is 689 g/mol. The molecule has 0 amide bonds. The van der Waals surface area contributed by atoms with Gasteiger partial charge in [0.25, 0.3) is 0 Å². The Bertz CT molecular complexity index is 2160. The van der Waals surface area contributed by atoms with E-state index in [0.29, 0.717) is 17.9 Å². The molecule has 2 aromatic heterocycles. The number of esters is 1. The minimum atomic E-state index is -1.69. The van der Waals surface area contributed by atoms with Crippen LogP contribution < -0.4 is 0 Å². The molecule has 7 rings (SSSR count). The predicted octanol–water partition coefficient (Wildman–Crippen LogP) is 7.79. The number of benzene rings is 5. The number of carbonyl (C=O) groups excluding carboxylic acids is 1. The number of aryl methyl sites for hydroxylation is 1. The van der Waals surface area contributed by atoms with Gasteiger partial charge in [-0.15, -0.1) is 5.10 Å². The zero-order valence-electron chi connectivity index (χ0n) is 29.4. The number of para-hydroxylation sites is 1. The molecule has 0 aliphatic rings. The van der Waals surface area contributed by atoms with E-state index in [-0.39, 0.29) is 12.1 Å². The van der Waals surface area contributed by atoms with Crippen LogP contribution in [0.25, 0.3) is 17.1 Å². The van der Waals surface area contributed by atoms with E-state index in [2.05, 4.69) is 53.6 Å². The van der Waals surface area contributed by atoms with Gasteiger partial charge in [-0.05, 0) is 51.2 Å². The van der Waals surface area contributed by atoms with Crippen molar-refractivity contribution < 1.29 is 14.6 Å². The first kappa shape index (κ1) is 34.3. The summed E-state index contributed by atoms with van der Waals surface area (Å²) in [4.78, 5) is 19.1. The van der Waals surface area contributed by atoms with Crippen molar-refractivity contribution in [2.45, 2.75) is 51.4 Å². The van der Waals surface area contributed by atoms with Gasteiger partial charge in [0, 0.05) is 37.9 Å². The topological polar surface area (TPSA) is 108 Å². The molecule has 9 heteroatoms. The number of nitrogens with zero attached hydrogens (tertiary/aromatic N) is 6. The van der Waals surface area contributed by atoms with E-state index in [1.54, 1.807) is 0 Å². The van der Waals surface area contributed by atoms with E-state index in [0.717, 1.165) is 45.7 Å². The van der Waals surface area contributed by atoms with Crippen LogP contribution in [0.3, 0.4) is 0 Å². The molecule has 0 fully saturated rings. The molecule has 260 valence electrons. The maximum absolute atomic E-state index is 14.0. The summed E-state index contributed by atoms with van der Waals surface area (Å²) in [5, 5.41) is 24.3. The van der Waals surface area contributed by atoms with Gasteiger partial charge in [0.2, 0.25) is 5.79 Å². The lowest BCUT2D eigenvalue weighted by molar-refractivity contribution is -0.136. The Morgan fingerprint density at radius 3 is 1.79 bits per heavy atom. The molecule has 0 unspecified atom stereocenters. The van der Waals surface area contributed by atoms with E-state index in [1.165, 1.54) is 13.8 Å².